The van der Waals surface area contributed by atoms with Gasteiger partial charge < -0.3 is 10.6 Å². The Hall–Kier alpha value is -1.43. The first-order valence-corrected chi connectivity index (χ1v) is 7.54. The van der Waals surface area contributed by atoms with Crippen LogP contribution in [0.3, 0.4) is 0 Å². The van der Waals surface area contributed by atoms with Crippen molar-refractivity contribution in [2.45, 2.75) is 31.9 Å². The van der Waals surface area contributed by atoms with Gasteiger partial charge in [-0.15, -0.1) is 0 Å². The van der Waals surface area contributed by atoms with Crippen molar-refractivity contribution in [2.24, 2.45) is 4.99 Å². The molecule has 0 radical (unpaired) electrons. The zero-order chi connectivity index (χ0) is 16.4. The minimum absolute atomic E-state index is 0.123. The van der Waals surface area contributed by atoms with Gasteiger partial charge in [-0.3, -0.25) is 4.99 Å². The molecule has 1 aromatic carbocycles. The van der Waals surface area contributed by atoms with Crippen LogP contribution in [-0.4, -0.2) is 32.3 Å². The van der Waals surface area contributed by atoms with Crippen molar-refractivity contribution in [1.82, 2.24) is 10.6 Å². The summed E-state index contributed by atoms with van der Waals surface area (Å²) in [4.78, 5) is 4.03. The van der Waals surface area contributed by atoms with Crippen molar-refractivity contribution < 1.29 is 13.2 Å². The first kappa shape index (κ1) is 18.6. The first-order valence-electron chi connectivity index (χ1n) is 7.16. The molecule has 0 unspecified atom stereocenters. The van der Waals surface area contributed by atoms with Crippen molar-refractivity contribution in [3.8, 4) is 0 Å². The molecule has 22 heavy (non-hydrogen) atoms. The Morgan fingerprint density at radius 2 is 1.73 bits per heavy atom. The van der Waals surface area contributed by atoms with Crippen LogP contribution < -0.4 is 10.6 Å². The molecule has 7 heteroatoms. The summed E-state index contributed by atoms with van der Waals surface area (Å²) in [7, 11) is 1.63. The molecule has 0 fully saturated rings. The Labute approximate surface area is 134 Å². The number of benzene rings is 1. The summed E-state index contributed by atoms with van der Waals surface area (Å²) in [5, 5.41) is 6.83. The van der Waals surface area contributed by atoms with E-state index >= 15 is 0 Å². The average Bonchev–Trinajstić information content (AvgIpc) is 2.46. The third-order valence-corrected chi connectivity index (χ3v) is 3.27. The molecule has 0 bridgehead atoms. The molecule has 0 heterocycles. The van der Waals surface area contributed by atoms with Crippen molar-refractivity contribution in [3.63, 3.8) is 0 Å². The number of hydrogen-bond acceptors (Lipinski definition) is 1. The van der Waals surface area contributed by atoms with Gasteiger partial charge in [0.25, 0.3) is 0 Å². The number of rotatable bonds is 7. The molecule has 1 aromatic rings. The van der Waals surface area contributed by atoms with Crippen LogP contribution in [0.15, 0.2) is 29.3 Å². The van der Waals surface area contributed by atoms with Crippen molar-refractivity contribution in [3.05, 3.63) is 34.9 Å². The second-order valence-corrected chi connectivity index (χ2v) is 5.31. The summed E-state index contributed by atoms with van der Waals surface area (Å²) >= 11 is 5.81. The van der Waals surface area contributed by atoms with Gasteiger partial charge in [-0.1, -0.05) is 23.7 Å². The Morgan fingerprint density at radius 3 is 2.32 bits per heavy atom. The second-order valence-electron chi connectivity index (χ2n) is 4.87. The highest BCUT2D eigenvalue weighted by molar-refractivity contribution is 6.30. The lowest BCUT2D eigenvalue weighted by Gasteiger charge is -2.12. The van der Waals surface area contributed by atoms with E-state index in [2.05, 4.69) is 15.6 Å². The Kier molecular flexibility index (Phi) is 8.09. The molecule has 0 atom stereocenters. The van der Waals surface area contributed by atoms with E-state index in [4.69, 9.17) is 11.6 Å². The summed E-state index contributed by atoms with van der Waals surface area (Å²) in [6.07, 6.45) is -3.42. The summed E-state index contributed by atoms with van der Waals surface area (Å²) < 4.78 is 36.0. The molecular weight excluding hydrogens is 315 g/mol. The van der Waals surface area contributed by atoms with E-state index in [1.165, 1.54) is 0 Å². The molecule has 0 saturated heterocycles. The van der Waals surface area contributed by atoms with Gasteiger partial charge in [0.2, 0.25) is 0 Å². The predicted octanol–water partition coefficient (Wildman–Crippen LogP) is 3.78. The maximum Gasteiger partial charge on any atom is 0.389 e. The van der Waals surface area contributed by atoms with E-state index < -0.39 is 12.6 Å². The standard InChI is InChI=1S/C15H21ClF3N3/c1-20-14(21-10-3-2-9-15(17,18)19)22-11-8-12-4-6-13(16)7-5-12/h4-7H,2-3,8-11H2,1H3,(H2,20,21,22). The molecule has 0 amide bonds. The lowest BCUT2D eigenvalue weighted by atomic mass is 10.1. The van der Waals surface area contributed by atoms with Gasteiger partial charge in [-0.05, 0) is 37.0 Å². The van der Waals surface area contributed by atoms with Crippen LogP contribution in [0.25, 0.3) is 0 Å². The van der Waals surface area contributed by atoms with E-state index in [9.17, 15) is 13.2 Å². The van der Waals surface area contributed by atoms with Gasteiger partial charge in [0.15, 0.2) is 5.96 Å². The molecule has 0 saturated carbocycles. The molecule has 0 aromatic heterocycles. The van der Waals surface area contributed by atoms with Crippen LogP contribution in [0.1, 0.15) is 24.8 Å². The highest BCUT2D eigenvalue weighted by Gasteiger charge is 2.25. The largest absolute Gasteiger partial charge is 0.389 e. The van der Waals surface area contributed by atoms with Gasteiger partial charge in [0.05, 0.1) is 0 Å². The minimum Gasteiger partial charge on any atom is -0.356 e. The zero-order valence-corrected chi connectivity index (χ0v) is 13.3. The summed E-state index contributed by atoms with van der Waals surface area (Å²) in [6.45, 7) is 1.15. The van der Waals surface area contributed by atoms with Crippen LogP contribution in [-0.2, 0) is 6.42 Å². The van der Waals surface area contributed by atoms with Crippen molar-refractivity contribution in [2.75, 3.05) is 20.1 Å². The smallest absolute Gasteiger partial charge is 0.356 e. The maximum atomic E-state index is 12.0. The van der Waals surface area contributed by atoms with E-state index in [0.717, 1.165) is 12.0 Å². The van der Waals surface area contributed by atoms with E-state index in [0.29, 0.717) is 30.5 Å². The molecule has 1 rings (SSSR count). The first-order chi connectivity index (χ1) is 10.4. The van der Waals surface area contributed by atoms with Gasteiger partial charge in [-0.25, -0.2) is 0 Å². The second kappa shape index (κ2) is 9.56. The van der Waals surface area contributed by atoms with Gasteiger partial charge in [-0.2, -0.15) is 13.2 Å². The van der Waals surface area contributed by atoms with Gasteiger partial charge in [0.1, 0.15) is 0 Å². The van der Waals surface area contributed by atoms with Gasteiger partial charge in [0, 0.05) is 31.6 Å². The van der Waals surface area contributed by atoms with E-state index in [1.807, 2.05) is 24.3 Å². The quantitative estimate of drug-likeness (QED) is 0.452. The average molecular weight is 336 g/mol. The highest BCUT2D eigenvalue weighted by Crippen LogP contribution is 2.21. The lowest BCUT2D eigenvalue weighted by molar-refractivity contribution is -0.135. The van der Waals surface area contributed by atoms with Crippen LogP contribution in [0, 0.1) is 0 Å². The summed E-state index contributed by atoms with van der Waals surface area (Å²) in [5.41, 5.74) is 1.15. The van der Waals surface area contributed by atoms with Crippen LogP contribution >= 0.6 is 11.6 Å². The summed E-state index contributed by atoms with van der Waals surface area (Å²) in [5.74, 6) is 0.598. The molecule has 0 aliphatic heterocycles. The third kappa shape index (κ3) is 8.77. The topological polar surface area (TPSA) is 36.4 Å². The molecule has 3 nitrogen and oxygen atoms in total. The van der Waals surface area contributed by atoms with E-state index in [-0.39, 0.29) is 6.42 Å². The molecule has 2 N–H and O–H groups in total. The lowest BCUT2D eigenvalue weighted by Crippen LogP contribution is -2.38. The summed E-state index contributed by atoms with van der Waals surface area (Å²) in [6, 6.07) is 7.59. The number of guanidine groups is 1. The Morgan fingerprint density at radius 1 is 1.09 bits per heavy atom. The van der Waals surface area contributed by atoms with Gasteiger partial charge >= 0.3 is 6.18 Å². The molecule has 124 valence electrons. The van der Waals surface area contributed by atoms with Crippen LogP contribution in [0.5, 0.6) is 0 Å². The van der Waals surface area contributed by atoms with Crippen LogP contribution in [0.4, 0.5) is 13.2 Å². The number of halogens is 4. The number of nitrogens with one attached hydrogen (secondary N) is 2. The van der Waals surface area contributed by atoms with Crippen molar-refractivity contribution >= 4 is 17.6 Å². The molecule has 0 aliphatic carbocycles. The molecule has 0 aliphatic rings. The fraction of sp³-hybridized carbons (Fsp3) is 0.533. The molecular formula is C15H21ClF3N3. The fourth-order valence-corrected chi connectivity index (χ4v) is 1.98. The fourth-order valence-electron chi connectivity index (χ4n) is 1.85. The highest BCUT2D eigenvalue weighted by atomic mass is 35.5. The third-order valence-electron chi connectivity index (χ3n) is 3.02. The SMILES string of the molecule is CN=C(NCCCCC(F)(F)F)NCCc1ccc(Cl)cc1. The maximum absolute atomic E-state index is 12.0. The zero-order valence-electron chi connectivity index (χ0n) is 12.5. The Bertz CT molecular complexity index is 458. The van der Waals surface area contributed by atoms with E-state index in [1.54, 1.807) is 7.05 Å². The number of hydrogen-bond donors (Lipinski definition) is 2. The van der Waals surface area contributed by atoms with Crippen LogP contribution in [0.2, 0.25) is 5.02 Å². The number of aliphatic imine (C=N–C) groups is 1. The Balaban J connectivity index is 2.16. The number of alkyl halides is 3. The predicted molar refractivity (Wildman–Crippen MR) is 84.4 cm³/mol. The number of nitrogens with zero attached hydrogens (tertiary/aromatic N) is 1. The normalized spacial score (nSPS) is 12.3. The number of unbranched alkanes of at least 4 members (excludes halogenated alkanes) is 1. The molecule has 0 spiro atoms. The monoisotopic (exact) mass is 335 g/mol. The van der Waals surface area contributed by atoms with Crippen molar-refractivity contribution in [1.29, 1.82) is 0 Å². The minimum atomic E-state index is -4.07.